The molecule has 2 heterocycles. The number of nitrogen functional groups attached to an aromatic ring is 1. The highest BCUT2D eigenvalue weighted by Crippen LogP contribution is 2.35. The van der Waals surface area contributed by atoms with Crippen molar-refractivity contribution in [2.45, 2.75) is 70.4 Å². The Balaban J connectivity index is 1.51. The van der Waals surface area contributed by atoms with E-state index in [-0.39, 0.29) is 23.6 Å². The summed E-state index contributed by atoms with van der Waals surface area (Å²) < 4.78 is 0. The molecule has 2 aliphatic rings. The quantitative estimate of drug-likeness (QED) is 0.554. The summed E-state index contributed by atoms with van der Waals surface area (Å²) >= 11 is 1.22. The lowest BCUT2D eigenvalue weighted by Gasteiger charge is -2.34. The van der Waals surface area contributed by atoms with Crippen LogP contribution in [0.1, 0.15) is 58.3 Å². The van der Waals surface area contributed by atoms with E-state index in [1.165, 1.54) is 11.3 Å². The van der Waals surface area contributed by atoms with Gasteiger partial charge in [0.1, 0.15) is 22.8 Å². The number of thiazole rings is 1. The molecular weight excluding hydrogens is 450 g/mol. The second-order valence-corrected chi connectivity index (χ2v) is 10.1. The first-order chi connectivity index (χ1) is 16.5. The molecular formula is C25H33N5O3S. The summed E-state index contributed by atoms with van der Waals surface area (Å²) in [4.78, 5) is 45.3. The predicted octanol–water partition coefficient (Wildman–Crippen LogP) is 3.80. The monoisotopic (exact) mass is 483 g/mol. The van der Waals surface area contributed by atoms with Gasteiger partial charge in [-0.1, -0.05) is 67.9 Å². The van der Waals surface area contributed by atoms with Gasteiger partial charge in [0, 0.05) is 18.5 Å². The number of nitrogens with zero attached hydrogens (tertiary/aromatic N) is 2. The number of benzene rings is 1. The minimum absolute atomic E-state index is 0.118. The molecule has 0 bridgehead atoms. The number of likely N-dealkylation sites (tertiary alicyclic amines) is 1. The molecule has 1 saturated heterocycles. The highest BCUT2D eigenvalue weighted by Gasteiger charge is 2.40. The van der Waals surface area contributed by atoms with Crippen molar-refractivity contribution in [2.24, 2.45) is 5.92 Å². The molecule has 2 fully saturated rings. The first kappa shape index (κ1) is 24.2. The van der Waals surface area contributed by atoms with E-state index in [2.05, 4.69) is 15.6 Å². The summed E-state index contributed by atoms with van der Waals surface area (Å²) in [6.07, 6.45) is 6.80. The van der Waals surface area contributed by atoms with Crippen molar-refractivity contribution in [2.75, 3.05) is 17.6 Å². The Morgan fingerprint density at radius 3 is 2.56 bits per heavy atom. The molecule has 4 rings (SSSR count). The average Bonchev–Trinajstić information content (AvgIpc) is 3.50. The van der Waals surface area contributed by atoms with Gasteiger partial charge in [0.05, 0.1) is 0 Å². The minimum atomic E-state index is -0.580. The van der Waals surface area contributed by atoms with Gasteiger partial charge in [0.2, 0.25) is 17.7 Å². The maximum atomic E-state index is 13.7. The maximum Gasteiger partial charge on any atom is 0.247 e. The molecule has 1 aromatic heterocycles. The average molecular weight is 484 g/mol. The lowest BCUT2D eigenvalue weighted by atomic mass is 9.83. The standard InChI is InChI=1S/C25H33N5O3S/c1-2-19(31)27-21(17-12-7-4-8-13-17)24(33)30-15-9-14-18(30)22(32)29-23-20(28-25(26)34-23)16-10-5-3-6-11-16/h3,5-6,10-11,17-18,21H,2,4,7-9,12-15H2,1H3,(H2,26,28)(H,27,31)(H,29,32)/t18-,21-/m0/s1. The first-order valence-corrected chi connectivity index (χ1v) is 13.0. The van der Waals surface area contributed by atoms with Crippen molar-refractivity contribution in [3.63, 3.8) is 0 Å². The summed E-state index contributed by atoms with van der Waals surface area (Å²) in [5.74, 6) is -0.391. The van der Waals surface area contributed by atoms with Crippen molar-refractivity contribution in [1.29, 1.82) is 0 Å². The third-order valence-corrected chi connectivity index (χ3v) is 7.59. The summed E-state index contributed by atoms with van der Waals surface area (Å²) in [5.41, 5.74) is 7.45. The van der Waals surface area contributed by atoms with Gasteiger partial charge in [-0.15, -0.1) is 0 Å². The van der Waals surface area contributed by atoms with Crippen LogP contribution in [-0.2, 0) is 14.4 Å². The van der Waals surface area contributed by atoms with Crippen molar-refractivity contribution < 1.29 is 14.4 Å². The molecule has 0 spiro atoms. The Labute approximate surface area is 204 Å². The number of anilines is 2. The third kappa shape index (κ3) is 5.41. The third-order valence-electron chi connectivity index (χ3n) is 6.79. The highest BCUT2D eigenvalue weighted by molar-refractivity contribution is 7.20. The molecule has 2 aromatic rings. The summed E-state index contributed by atoms with van der Waals surface area (Å²) in [5, 5.41) is 6.90. The number of rotatable bonds is 7. The van der Waals surface area contributed by atoms with Crippen LogP contribution in [0.15, 0.2) is 30.3 Å². The molecule has 0 unspecified atom stereocenters. The zero-order valence-electron chi connectivity index (χ0n) is 19.6. The van der Waals surface area contributed by atoms with Gasteiger partial charge in [-0.05, 0) is 31.6 Å². The second kappa shape index (κ2) is 11.0. The number of hydrogen-bond acceptors (Lipinski definition) is 6. The highest BCUT2D eigenvalue weighted by atomic mass is 32.1. The second-order valence-electron chi connectivity index (χ2n) is 9.07. The zero-order chi connectivity index (χ0) is 24.1. The van der Waals surface area contributed by atoms with Crippen molar-refractivity contribution in [1.82, 2.24) is 15.2 Å². The number of carbonyl (C=O) groups is 3. The van der Waals surface area contributed by atoms with Crippen molar-refractivity contribution >= 4 is 39.2 Å². The van der Waals surface area contributed by atoms with E-state index in [1.807, 2.05) is 30.3 Å². The van der Waals surface area contributed by atoms with Crippen molar-refractivity contribution in [3.8, 4) is 11.3 Å². The number of aromatic nitrogens is 1. The number of hydrogen-bond donors (Lipinski definition) is 3. The Morgan fingerprint density at radius 2 is 1.85 bits per heavy atom. The molecule has 34 heavy (non-hydrogen) atoms. The fourth-order valence-electron chi connectivity index (χ4n) is 5.01. The van der Waals surface area contributed by atoms with E-state index in [0.717, 1.165) is 44.1 Å². The van der Waals surface area contributed by atoms with Gasteiger partial charge >= 0.3 is 0 Å². The van der Waals surface area contributed by atoms with Crippen LogP contribution in [0.2, 0.25) is 0 Å². The maximum absolute atomic E-state index is 13.7. The first-order valence-electron chi connectivity index (χ1n) is 12.2. The SMILES string of the molecule is CCC(=O)N[C@H](C(=O)N1CCC[C@H]1C(=O)Nc1sc(N)nc1-c1ccccc1)C1CCCCC1. The predicted molar refractivity (Wildman–Crippen MR) is 134 cm³/mol. The molecule has 9 heteroatoms. The van der Waals surface area contributed by atoms with Crippen LogP contribution in [-0.4, -0.2) is 46.2 Å². The minimum Gasteiger partial charge on any atom is -0.375 e. The molecule has 1 aliphatic carbocycles. The Kier molecular flexibility index (Phi) is 7.82. The van der Waals surface area contributed by atoms with Crippen LogP contribution in [0.4, 0.5) is 10.1 Å². The van der Waals surface area contributed by atoms with Crippen LogP contribution >= 0.6 is 11.3 Å². The van der Waals surface area contributed by atoms with Gasteiger partial charge in [-0.3, -0.25) is 14.4 Å². The molecule has 1 aromatic carbocycles. The lowest BCUT2D eigenvalue weighted by molar-refractivity contribution is -0.141. The largest absolute Gasteiger partial charge is 0.375 e. The smallest absolute Gasteiger partial charge is 0.247 e. The number of nitrogens with two attached hydrogens (primary N) is 1. The Bertz CT molecular complexity index is 1020. The molecule has 8 nitrogen and oxygen atoms in total. The van der Waals surface area contributed by atoms with Gasteiger partial charge in [0.25, 0.3) is 0 Å². The summed E-state index contributed by atoms with van der Waals surface area (Å²) in [7, 11) is 0. The Hall–Kier alpha value is -2.94. The van der Waals surface area contributed by atoms with E-state index in [0.29, 0.717) is 35.2 Å². The summed E-state index contributed by atoms with van der Waals surface area (Å²) in [6, 6.07) is 8.42. The Morgan fingerprint density at radius 1 is 1.12 bits per heavy atom. The van der Waals surface area contributed by atoms with E-state index in [9.17, 15) is 14.4 Å². The van der Waals surface area contributed by atoms with Gasteiger partial charge < -0.3 is 21.3 Å². The zero-order valence-corrected chi connectivity index (χ0v) is 20.4. The van der Waals surface area contributed by atoms with Gasteiger partial charge in [0.15, 0.2) is 5.13 Å². The number of amides is 3. The fraction of sp³-hybridized carbons (Fsp3) is 0.520. The fourth-order valence-corrected chi connectivity index (χ4v) is 5.77. The molecule has 1 saturated carbocycles. The van der Waals surface area contributed by atoms with Crippen LogP contribution < -0.4 is 16.4 Å². The van der Waals surface area contributed by atoms with Crippen LogP contribution in [0, 0.1) is 5.92 Å². The van der Waals surface area contributed by atoms with E-state index < -0.39 is 12.1 Å². The van der Waals surface area contributed by atoms with Gasteiger partial charge in [-0.2, -0.15) is 0 Å². The van der Waals surface area contributed by atoms with Crippen molar-refractivity contribution in [3.05, 3.63) is 30.3 Å². The molecule has 2 atom stereocenters. The van der Waals surface area contributed by atoms with Crippen LogP contribution in [0.25, 0.3) is 11.3 Å². The molecule has 182 valence electrons. The van der Waals surface area contributed by atoms with Crippen LogP contribution in [0.5, 0.6) is 0 Å². The number of carbonyl (C=O) groups excluding carboxylic acids is 3. The topological polar surface area (TPSA) is 117 Å². The van der Waals surface area contributed by atoms with Gasteiger partial charge in [-0.25, -0.2) is 4.98 Å². The normalized spacial score (nSPS) is 19.6. The molecule has 1 aliphatic heterocycles. The molecule has 0 radical (unpaired) electrons. The summed E-state index contributed by atoms with van der Waals surface area (Å²) in [6.45, 7) is 2.30. The van der Waals surface area contributed by atoms with E-state index in [1.54, 1.807) is 11.8 Å². The lowest BCUT2D eigenvalue weighted by Crippen LogP contribution is -2.55. The van der Waals surface area contributed by atoms with E-state index in [4.69, 9.17) is 5.73 Å². The number of nitrogens with one attached hydrogen (secondary N) is 2. The van der Waals surface area contributed by atoms with Crippen LogP contribution in [0.3, 0.4) is 0 Å². The molecule has 4 N–H and O–H groups in total. The van der Waals surface area contributed by atoms with E-state index >= 15 is 0 Å². The molecule has 3 amide bonds.